The van der Waals surface area contributed by atoms with E-state index in [-0.39, 0.29) is 12.4 Å². The average Bonchev–Trinajstić information content (AvgIpc) is 2.75. The summed E-state index contributed by atoms with van der Waals surface area (Å²) in [7, 11) is 0. The van der Waals surface area contributed by atoms with Gasteiger partial charge >= 0.3 is 0 Å². The molecule has 1 N–H and O–H groups in total. The van der Waals surface area contributed by atoms with E-state index in [1.807, 2.05) is 12.3 Å². The summed E-state index contributed by atoms with van der Waals surface area (Å²) in [4.78, 5) is 4.72. The van der Waals surface area contributed by atoms with Crippen LogP contribution in [0.5, 0.6) is 0 Å². The van der Waals surface area contributed by atoms with E-state index in [1.165, 1.54) is 11.3 Å². The first-order valence-electron chi connectivity index (χ1n) is 3.89. The molecule has 0 saturated carbocycles. The first-order chi connectivity index (χ1) is 6.72. The molecule has 0 aliphatic heterocycles. The minimum atomic E-state index is -0.231. The number of aryl methyl sites for hydroxylation is 1. The van der Waals surface area contributed by atoms with Gasteiger partial charge in [0.25, 0.3) is 5.89 Å². The van der Waals surface area contributed by atoms with Crippen LogP contribution in [-0.2, 0) is 6.61 Å². The van der Waals surface area contributed by atoms with Crippen LogP contribution in [0.3, 0.4) is 0 Å². The minimum absolute atomic E-state index is 0.231. The largest absolute Gasteiger partial charge is 0.388 e. The summed E-state index contributed by atoms with van der Waals surface area (Å²) >= 11 is 7.46. The number of hydrogen-bond acceptors (Lipinski definition) is 5. The van der Waals surface area contributed by atoms with E-state index in [2.05, 4.69) is 10.1 Å². The molecule has 0 aromatic carbocycles. The maximum Gasteiger partial charge on any atom is 0.269 e. The topological polar surface area (TPSA) is 59.2 Å². The number of rotatable bonds is 2. The molecule has 6 heteroatoms. The van der Waals surface area contributed by atoms with Crippen molar-refractivity contribution in [3.05, 3.63) is 21.8 Å². The number of nitrogens with zero attached hydrogens (tertiary/aromatic N) is 2. The van der Waals surface area contributed by atoms with Gasteiger partial charge in [-0.2, -0.15) is 4.98 Å². The molecule has 2 heterocycles. The molecule has 0 spiro atoms. The molecule has 4 nitrogen and oxygen atoms in total. The summed E-state index contributed by atoms with van der Waals surface area (Å²) < 4.78 is 4.94. The smallest absolute Gasteiger partial charge is 0.269 e. The van der Waals surface area contributed by atoms with Gasteiger partial charge in [0.2, 0.25) is 0 Å². The predicted molar refractivity (Wildman–Crippen MR) is 53.3 cm³/mol. The fourth-order valence-corrected chi connectivity index (χ4v) is 2.18. The highest BCUT2D eigenvalue weighted by Gasteiger charge is 2.15. The van der Waals surface area contributed by atoms with E-state index in [9.17, 15) is 0 Å². The van der Waals surface area contributed by atoms with Gasteiger partial charge in [0.05, 0.1) is 5.02 Å². The summed E-state index contributed by atoms with van der Waals surface area (Å²) in [6, 6.07) is 0. The minimum Gasteiger partial charge on any atom is -0.388 e. The molecule has 0 unspecified atom stereocenters. The zero-order valence-corrected chi connectivity index (χ0v) is 8.89. The molecule has 0 amide bonds. The molecule has 0 radical (unpaired) electrons. The summed E-state index contributed by atoms with van der Waals surface area (Å²) in [5.74, 6) is 0.624. The predicted octanol–water partition coefficient (Wildman–Crippen LogP) is 2.25. The van der Waals surface area contributed by atoms with Crippen molar-refractivity contribution in [2.24, 2.45) is 0 Å². The van der Waals surface area contributed by atoms with Gasteiger partial charge in [0.15, 0.2) is 5.82 Å². The Balaban J connectivity index is 2.44. The number of hydrogen-bond donors (Lipinski definition) is 1. The molecule has 2 aromatic heterocycles. The summed E-state index contributed by atoms with van der Waals surface area (Å²) in [6.45, 7) is 1.68. The van der Waals surface area contributed by atoms with E-state index in [0.717, 1.165) is 10.4 Å². The zero-order valence-electron chi connectivity index (χ0n) is 7.32. The second-order valence-electron chi connectivity index (χ2n) is 2.74. The van der Waals surface area contributed by atoms with E-state index in [4.69, 9.17) is 21.2 Å². The SMILES string of the molecule is Cc1csc(-c2nc(CO)no2)c1Cl. The Kier molecular flexibility index (Phi) is 2.54. The van der Waals surface area contributed by atoms with Crippen LogP contribution >= 0.6 is 22.9 Å². The maximum absolute atomic E-state index is 8.76. The van der Waals surface area contributed by atoms with Crippen molar-refractivity contribution in [1.82, 2.24) is 10.1 Å². The summed E-state index contributed by atoms with van der Waals surface area (Å²) in [6.07, 6.45) is 0. The van der Waals surface area contributed by atoms with Crippen LogP contribution in [0.4, 0.5) is 0 Å². The lowest BCUT2D eigenvalue weighted by molar-refractivity contribution is 0.264. The van der Waals surface area contributed by atoms with Crippen molar-refractivity contribution in [1.29, 1.82) is 0 Å². The van der Waals surface area contributed by atoms with Crippen LogP contribution in [0.2, 0.25) is 5.02 Å². The molecule has 0 aliphatic carbocycles. The lowest BCUT2D eigenvalue weighted by Crippen LogP contribution is -1.84. The van der Waals surface area contributed by atoms with Gasteiger partial charge in [0, 0.05) is 0 Å². The molecule has 0 fully saturated rings. The second-order valence-corrected chi connectivity index (χ2v) is 3.99. The van der Waals surface area contributed by atoms with Gasteiger partial charge < -0.3 is 9.63 Å². The highest BCUT2D eigenvalue weighted by Crippen LogP contribution is 2.35. The van der Waals surface area contributed by atoms with E-state index < -0.39 is 0 Å². The highest BCUT2D eigenvalue weighted by molar-refractivity contribution is 7.14. The molecule has 0 atom stereocenters. The van der Waals surface area contributed by atoms with Crippen molar-refractivity contribution in [2.45, 2.75) is 13.5 Å². The second kappa shape index (κ2) is 3.68. The van der Waals surface area contributed by atoms with Crippen LogP contribution in [0.15, 0.2) is 9.90 Å². The third-order valence-electron chi connectivity index (χ3n) is 1.70. The molecule has 0 aliphatic rings. The van der Waals surface area contributed by atoms with Crippen LogP contribution in [0.1, 0.15) is 11.4 Å². The fraction of sp³-hybridized carbons (Fsp3) is 0.250. The Morgan fingerprint density at radius 1 is 1.64 bits per heavy atom. The van der Waals surface area contributed by atoms with Crippen LogP contribution in [-0.4, -0.2) is 15.2 Å². The molecule has 0 saturated heterocycles. The number of halogens is 1. The van der Waals surface area contributed by atoms with Crippen LogP contribution in [0, 0.1) is 6.92 Å². The Morgan fingerprint density at radius 2 is 2.43 bits per heavy atom. The van der Waals surface area contributed by atoms with Gasteiger partial charge in [-0.05, 0) is 17.9 Å². The maximum atomic E-state index is 8.76. The number of aliphatic hydroxyl groups is 1. The van der Waals surface area contributed by atoms with Gasteiger partial charge in [0.1, 0.15) is 11.5 Å². The van der Waals surface area contributed by atoms with Gasteiger partial charge in [-0.1, -0.05) is 16.8 Å². The average molecular weight is 231 g/mol. The lowest BCUT2D eigenvalue weighted by Gasteiger charge is -1.89. The molecule has 74 valence electrons. The van der Waals surface area contributed by atoms with E-state index in [1.54, 1.807) is 0 Å². The number of aromatic nitrogens is 2. The number of thiophene rings is 1. The molecule has 14 heavy (non-hydrogen) atoms. The highest BCUT2D eigenvalue weighted by atomic mass is 35.5. The molecule has 2 rings (SSSR count). The first kappa shape index (κ1) is 9.64. The third kappa shape index (κ3) is 1.54. The Labute approximate surface area is 89.1 Å². The van der Waals surface area contributed by atoms with Crippen molar-refractivity contribution in [3.8, 4) is 10.8 Å². The van der Waals surface area contributed by atoms with Crippen LogP contribution in [0.25, 0.3) is 10.8 Å². The third-order valence-corrected chi connectivity index (χ3v) is 3.39. The van der Waals surface area contributed by atoms with Gasteiger partial charge in [-0.25, -0.2) is 0 Å². The molecular weight excluding hydrogens is 224 g/mol. The lowest BCUT2D eigenvalue weighted by atomic mass is 10.3. The number of aliphatic hydroxyl groups excluding tert-OH is 1. The van der Waals surface area contributed by atoms with Crippen LogP contribution < -0.4 is 0 Å². The standard InChI is InChI=1S/C8H7ClN2O2S/c1-4-3-14-7(6(4)9)8-10-5(2-12)11-13-8/h3,12H,2H2,1H3. The monoisotopic (exact) mass is 230 g/mol. The fourth-order valence-electron chi connectivity index (χ4n) is 0.985. The Morgan fingerprint density at radius 3 is 2.93 bits per heavy atom. The normalized spacial score (nSPS) is 10.8. The van der Waals surface area contributed by atoms with Gasteiger partial charge in [-0.15, -0.1) is 11.3 Å². The van der Waals surface area contributed by atoms with Crippen molar-refractivity contribution in [3.63, 3.8) is 0 Å². The quantitative estimate of drug-likeness (QED) is 0.860. The van der Waals surface area contributed by atoms with Crippen molar-refractivity contribution >= 4 is 22.9 Å². The summed E-state index contributed by atoms with van der Waals surface area (Å²) in [5, 5.41) is 14.9. The Hall–Kier alpha value is -0.910. The van der Waals surface area contributed by atoms with E-state index in [0.29, 0.717) is 10.9 Å². The van der Waals surface area contributed by atoms with Gasteiger partial charge in [-0.3, -0.25) is 0 Å². The first-order valence-corrected chi connectivity index (χ1v) is 5.15. The van der Waals surface area contributed by atoms with E-state index >= 15 is 0 Å². The summed E-state index contributed by atoms with van der Waals surface area (Å²) in [5.41, 5.74) is 0.982. The Bertz CT molecular complexity index is 452. The van der Waals surface area contributed by atoms with Crippen molar-refractivity contribution < 1.29 is 9.63 Å². The molecule has 2 aromatic rings. The zero-order chi connectivity index (χ0) is 10.1. The van der Waals surface area contributed by atoms with Crippen molar-refractivity contribution in [2.75, 3.05) is 0 Å². The molecule has 0 bridgehead atoms. The molecular formula is C8H7ClN2O2S.